The fraction of sp³-hybridized carbons (Fsp3) is 0.235. The quantitative estimate of drug-likeness (QED) is 0.655. The van der Waals surface area contributed by atoms with E-state index in [4.69, 9.17) is 8.94 Å². The van der Waals surface area contributed by atoms with Gasteiger partial charge in [-0.2, -0.15) is 4.98 Å². The number of benzene rings is 1. The lowest BCUT2D eigenvalue weighted by Gasteiger charge is -2.24. The largest absolute Gasteiger partial charge is 0.458 e. The molecule has 0 unspecified atom stereocenters. The Morgan fingerprint density at radius 1 is 1.25 bits per heavy atom. The minimum atomic E-state index is -0.235. The molecule has 1 amide bonds. The minimum Gasteiger partial charge on any atom is -0.458 e. The van der Waals surface area contributed by atoms with Crippen LogP contribution in [0, 0.1) is 0 Å². The third-order valence-electron chi connectivity index (χ3n) is 3.50. The van der Waals surface area contributed by atoms with Gasteiger partial charge in [-0.15, -0.1) is 0 Å². The highest BCUT2D eigenvalue weighted by atomic mass is 79.9. The van der Waals surface area contributed by atoms with Crippen molar-refractivity contribution in [3.8, 4) is 11.4 Å². The summed E-state index contributed by atoms with van der Waals surface area (Å²) in [4.78, 5) is 18.7. The highest BCUT2D eigenvalue weighted by Gasteiger charge is 2.25. The molecule has 0 spiro atoms. The van der Waals surface area contributed by atoms with Crippen molar-refractivity contribution < 1.29 is 13.7 Å². The molecule has 0 saturated heterocycles. The fourth-order valence-corrected chi connectivity index (χ4v) is 2.61. The standard InChI is InChI=1S/C17H16BrN3O3/c1-11(2)21(17(22)15-13(18)8-9-23-15)10-14-19-16(20-24-14)12-6-4-3-5-7-12/h3-9,11H,10H2,1-2H3. The highest BCUT2D eigenvalue weighted by molar-refractivity contribution is 9.10. The molecule has 0 radical (unpaired) electrons. The Kier molecular flexibility index (Phi) is 4.80. The first-order valence-corrected chi connectivity index (χ1v) is 8.27. The molecule has 2 heterocycles. The fourth-order valence-electron chi connectivity index (χ4n) is 2.23. The number of hydrogen-bond acceptors (Lipinski definition) is 5. The Labute approximate surface area is 147 Å². The third kappa shape index (κ3) is 3.41. The summed E-state index contributed by atoms with van der Waals surface area (Å²) in [5, 5.41) is 3.98. The number of aromatic nitrogens is 2. The molecule has 0 bridgehead atoms. The Hall–Kier alpha value is -2.41. The zero-order chi connectivity index (χ0) is 17.1. The van der Waals surface area contributed by atoms with Gasteiger partial charge in [-0.25, -0.2) is 0 Å². The number of rotatable bonds is 5. The van der Waals surface area contributed by atoms with Gasteiger partial charge in [-0.05, 0) is 35.8 Å². The molecule has 1 aromatic carbocycles. The molecule has 2 aromatic heterocycles. The zero-order valence-electron chi connectivity index (χ0n) is 13.3. The Morgan fingerprint density at radius 2 is 2.00 bits per heavy atom. The number of carbonyl (C=O) groups excluding carboxylic acids is 1. The smallest absolute Gasteiger partial charge is 0.291 e. The summed E-state index contributed by atoms with van der Waals surface area (Å²) in [5.41, 5.74) is 0.865. The van der Waals surface area contributed by atoms with Crippen molar-refractivity contribution in [3.63, 3.8) is 0 Å². The van der Waals surface area contributed by atoms with Crippen LogP contribution in [-0.2, 0) is 6.54 Å². The molecule has 0 aliphatic carbocycles. The minimum absolute atomic E-state index is 0.0541. The van der Waals surface area contributed by atoms with Crippen molar-refractivity contribution in [2.45, 2.75) is 26.4 Å². The van der Waals surface area contributed by atoms with E-state index in [1.54, 1.807) is 11.0 Å². The van der Waals surface area contributed by atoms with E-state index < -0.39 is 0 Å². The summed E-state index contributed by atoms with van der Waals surface area (Å²) < 4.78 is 11.2. The van der Waals surface area contributed by atoms with E-state index in [2.05, 4.69) is 26.1 Å². The Balaban J connectivity index is 1.81. The van der Waals surface area contributed by atoms with Crippen LogP contribution < -0.4 is 0 Å². The zero-order valence-corrected chi connectivity index (χ0v) is 14.9. The van der Waals surface area contributed by atoms with Gasteiger partial charge in [-0.3, -0.25) is 4.79 Å². The van der Waals surface area contributed by atoms with Gasteiger partial charge >= 0.3 is 0 Å². The average molecular weight is 390 g/mol. The van der Waals surface area contributed by atoms with Gasteiger partial charge in [0, 0.05) is 11.6 Å². The maximum atomic E-state index is 12.7. The lowest BCUT2D eigenvalue weighted by atomic mass is 10.2. The maximum Gasteiger partial charge on any atom is 0.291 e. The average Bonchev–Trinajstić information content (AvgIpc) is 3.21. The highest BCUT2D eigenvalue weighted by Crippen LogP contribution is 2.22. The van der Waals surface area contributed by atoms with Crippen molar-refractivity contribution in [2.75, 3.05) is 0 Å². The summed E-state index contributed by atoms with van der Waals surface area (Å²) in [5.74, 6) is 0.896. The first-order valence-electron chi connectivity index (χ1n) is 7.48. The lowest BCUT2D eigenvalue weighted by molar-refractivity contribution is 0.0633. The van der Waals surface area contributed by atoms with Crippen LogP contribution in [0.5, 0.6) is 0 Å². The Bertz CT molecular complexity index is 826. The van der Waals surface area contributed by atoms with Crippen LogP contribution in [0.15, 0.2) is 56.1 Å². The number of halogens is 1. The monoisotopic (exact) mass is 389 g/mol. The van der Waals surface area contributed by atoms with Crippen LogP contribution in [0.1, 0.15) is 30.3 Å². The van der Waals surface area contributed by atoms with Crippen molar-refractivity contribution in [3.05, 3.63) is 58.8 Å². The molecule has 0 aliphatic heterocycles. The number of hydrogen-bond donors (Lipinski definition) is 0. The van der Waals surface area contributed by atoms with Gasteiger partial charge in [0.05, 0.1) is 10.7 Å². The molecule has 124 valence electrons. The second-order valence-electron chi connectivity index (χ2n) is 5.50. The van der Waals surface area contributed by atoms with E-state index in [-0.39, 0.29) is 24.3 Å². The summed E-state index contributed by atoms with van der Waals surface area (Å²) in [7, 11) is 0. The van der Waals surface area contributed by atoms with E-state index in [1.807, 2.05) is 44.2 Å². The summed E-state index contributed by atoms with van der Waals surface area (Å²) in [6, 6.07) is 11.2. The normalized spacial score (nSPS) is 11.0. The number of nitrogens with zero attached hydrogens (tertiary/aromatic N) is 3. The molecule has 0 atom stereocenters. The van der Waals surface area contributed by atoms with Crippen LogP contribution >= 0.6 is 15.9 Å². The van der Waals surface area contributed by atoms with Gasteiger partial charge < -0.3 is 13.8 Å². The molecule has 0 N–H and O–H groups in total. The van der Waals surface area contributed by atoms with Crippen LogP contribution in [-0.4, -0.2) is 27.0 Å². The van der Waals surface area contributed by atoms with Crippen molar-refractivity contribution in [1.82, 2.24) is 15.0 Å². The first-order chi connectivity index (χ1) is 11.6. The van der Waals surface area contributed by atoms with Crippen LogP contribution in [0.3, 0.4) is 0 Å². The number of carbonyl (C=O) groups is 1. The van der Waals surface area contributed by atoms with Gasteiger partial charge in [0.15, 0.2) is 0 Å². The topological polar surface area (TPSA) is 72.4 Å². The summed E-state index contributed by atoms with van der Waals surface area (Å²) in [6.45, 7) is 4.05. The van der Waals surface area contributed by atoms with Gasteiger partial charge in [0.1, 0.15) is 6.54 Å². The van der Waals surface area contributed by atoms with Crippen LogP contribution in [0.2, 0.25) is 0 Å². The second-order valence-corrected chi connectivity index (χ2v) is 6.36. The van der Waals surface area contributed by atoms with Crippen LogP contribution in [0.25, 0.3) is 11.4 Å². The SMILES string of the molecule is CC(C)N(Cc1nc(-c2ccccc2)no1)C(=O)c1occc1Br. The predicted molar refractivity (Wildman–Crippen MR) is 91.2 cm³/mol. The molecule has 0 aliphatic rings. The van der Waals surface area contributed by atoms with E-state index in [0.29, 0.717) is 16.2 Å². The molecule has 7 heteroatoms. The van der Waals surface area contributed by atoms with Gasteiger partial charge in [0.25, 0.3) is 5.91 Å². The van der Waals surface area contributed by atoms with Crippen molar-refractivity contribution in [2.24, 2.45) is 0 Å². The van der Waals surface area contributed by atoms with Crippen molar-refractivity contribution >= 4 is 21.8 Å². The van der Waals surface area contributed by atoms with E-state index >= 15 is 0 Å². The molecule has 6 nitrogen and oxygen atoms in total. The van der Waals surface area contributed by atoms with E-state index in [9.17, 15) is 4.79 Å². The molecule has 3 rings (SSSR count). The molecule has 0 fully saturated rings. The third-order valence-corrected chi connectivity index (χ3v) is 4.13. The second kappa shape index (κ2) is 7.00. The molecule has 0 saturated carbocycles. The Morgan fingerprint density at radius 3 is 2.62 bits per heavy atom. The molecular formula is C17H16BrN3O3. The van der Waals surface area contributed by atoms with E-state index in [1.165, 1.54) is 6.26 Å². The summed E-state index contributed by atoms with van der Waals surface area (Å²) >= 11 is 3.31. The van der Waals surface area contributed by atoms with E-state index in [0.717, 1.165) is 5.56 Å². The lowest BCUT2D eigenvalue weighted by Crippen LogP contribution is -2.36. The van der Waals surface area contributed by atoms with Gasteiger partial charge in [0.2, 0.25) is 17.5 Å². The number of amides is 1. The van der Waals surface area contributed by atoms with Crippen molar-refractivity contribution in [1.29, 1.82) is 0 Å². The summed E-state index contributed by atoms with van der Waals surface area (Å²) in [6.07, 6.45) is 1.47. The molecule has 24 heavy (non-hydrogen) atoms. The van der Waals surface area contributed by atoms with Crippen LogP contribution in [0.4, 0.5) is 0 Å². The number of furan rings is 1. The predicted octanol–water partition coefficient (Wildman–Crippen LogP) is 4.14. The maximum absolute atomic E-state index is 12.7. The molecule has 3 aromatic rings. The first kappa shape index (κ1) is 16.4. The molecular weight excluding hydrogens is 374 g/mol. The van der Waals surface area contributed by atoms with Gasteiger partial charge in [-0.1, -0.05) is 35.5 Å².